The molecule has 0 saturated heterocycles. The Morgan fingerprint density at radius 1 is 0.970 bits per heavy atom. The first-order valence-corrected chi connectivity index (χ1v) is 10.8. The third-order valence-electron chi connectivity index (χ3n) is 5.07. The number of hydrogen-bond donors (Lipinski definition) is 1. The van der Waals surface area contributed by atoms with Crippen LogP contribution in [0.2, 0.25) is 0 Å². The van der Waals surface area contributed by atoms with Gasteiger partial charge in [0, 0.05) is 34.8 Å². The SMILES string of the molecule is CC.CNC(c1cn(CC(C)(C)C)c2cc(-c3ccccc3C(F)(F)F)c(F)cc12)C(F)F. The molecule has 0 aliphatic heterocycles. The minimum Gasteiger partial charge on any atom is -0.347 e. The van der Waals surface area contributed by atoms with Crippen molar-refractivity contribution in [2.75, 3.05) is 7.05 Å². The lowest BCUT2D eigenvalue weighted by molar-refractivity contribution is -0.137. The first-order chi connectivity index (χ1) is 15.3. The number of benzene rings is 2. The van der Waals surface area contributed by atoms with E-state index in [2.05, 4.69) is 5.32 Å². The highest BCUT2D eigenvalue weighted by Gasteiger charge is 2.34. The summed E-state index contributed by atoms with van der Waals surface area (Å²) in [6.45, 7) is 10.3. The van der Waals surface area contributed by atoms with Crippen molar-refractivity contribution in [3.05, 3.63) is 59.5 Å². The average Bonchev–Trinajstić information content (AvgIpc) is 3.04. The molecule has 1 unspecified atom stereocenters. The second kappa shape index (κ2) is 10.2. The number of fused-ring (bicyclic) bond motifs is 1. The third kappa shape index (κ3) is 5.91. The van der Waals surface area contributed by atoms with Crippen molar-refractivity contribution in [3.63, 3.8) is 0 Å². The standard InChI is InChI=1S/C23H24F6N2.C2H6/c1-22(2,3)12-31-11-16(20(30-4)21(25)26)15-9-18(24)14(10-19(15)31)13-7-5-6-8-17(13)23(27,28)29;1-2/h5-11,20-21,30H,12H2,1-4H3;1-2H3. The maximum atomic E-state index is 15.1. The van der Waals surface area contributed by atoms with Crippen molar-refractivity contribution in [2.24, 2.45) is 5.41 Å². The zero-order chi connectivity index (χ0) is 25.1. The average molecular weight is 473 g/mol. The Bertz CT molecular complexity index is 1080. The topological polar surface area (TPSA) is 17.0 Å². The zero-order valence-electron chi connectivity index (χ0n) is 19.6. The van der Waals surface area contributed by atoms with Gasteiger partial charge in [-0.3, -0.25) is 0 Å². The summed E-state index contributed by atoms with van der Waals surface area (Å²) in [6.07, 6.45) is -5.88. The van der Waals surface area contributed by atoms with Gasteiger partial charge in [-0.05, 0) is 36.2 Å². The summed E-state index contributed by atoms with van der Waals surface area (Å²) >= 11 is 0. The Morgan fingerprint density at radius 3 is 2.09 bits per heavy atom. The van der Waals surface area contributed by atoms with Crippen LogP contribution in [0.15, 0.2) is 42.6 Å². The largest absolute Gasteiger partial charge is 0.417 e. The summed E-state index contributed by atoms with van der Waals surface area (Å²) in [5, 5.41) is 2.79. The molecule has 0 radical (unpaired) electrons. The van der Waals surface area contributed by atoms with Crippen LogP contribution >= 0.6 is 0 Å². The van der Waals surface area contributed by atoms with E-state index in [0.717, 1.165) is 12.1 Å². The Hall–Kier alpha value is -2.48. The van der Waals surface area contributed by atoms with Crippen LogP contribution in [0.25, 0.3) is 22.0 Å². The molecule has 1 aromatic heterocycles. The van der Waals surface area contributed by atoms with Crippen LogP contribution in [0.4, 0.5) is 26.3 Å². The highest BCUT2D eigenvalue weighted by molar-refractivity contribution is 5.89. The summed E-state index contributed by atoms with van der Waals surface area (Å²) in [6, 6.07) is 5.79. The van der Waals surface area contributed by atoms with Crippen LogP contribution in [0, 0.1) is 11.2 Å². The van der Waals surface area contributed by atoms with Crippen LogP contribution in [-0.2, 0) is 12.7 Å². The van der Waals surface area contributed by atoms with E-state index >= 15 is 4.39 Å². The van der Waals surface area contributed by atoms with Gasteiger partial charge in [0.25, 0.3) is 6.43 Å². The van der Waals surface area contributed by atoms with Crippen LogP contribution < -0.4 is 5.32 Å². The van der Waals surface area contributed by atoms with Gasteiger partial charge < -0.3 is 9.88 Å². The molecule has 1 N–H and O–H groups in total. The fraction of sp³-hybridized carbons (Fsp3) is 0.440. The van der Waals surface area contributed by atoms with Gasteiger partial charge in [0.2, 0.25) is 0 Å². The predicted octanol–water partition coefficient (Wildman–Crippen LogP) is 8.06. The predicted molar refractivity (Wildman–Crippen MR) is 121 cm³/mol. The normalized spacial score (nSPS) is 13.2. The van der Waals surface area contributed by atoms with Gasteiger partial charge in [-0.2, -0.15) is 13.2 Å². The minimum atomic E-state index is -4.66. The lowest BCUT2D eigenvalue weighted by Crippen LogP contribution is -2.23. The molecule has 8 heteroatoms. The van der Waals surface area contributed by atoms with E-state index in [0.29, 0.717) is 12.1 Å². The van der Waals surface area contributed by atoms with Crippen molar-refractivity contribution in [1.82, 2.24) is 9.88 Å². The Labute approximate surface area is 190 Å². The molecule has 33 heavy (non-hydrogen) atoms. The molecule has 2 aromatic carbocycles. The molecule has 0 aliphatic carbocycles. The number of rotatable bonds is 5. The van der Waals surface area contributed by atoms with Crippen LogP contribution in [0.5, 0.6) is 0 Å². The van der Waals surface area contributed by atoms with Crippen LogP contribution in [0.3, 0.4) is 0 Å². The highest BCUT2D eigenvalue weighted by Crippen LogP contribution is 2.40. The van der Waals surface area contributed by atoms with Crippen molar-refractivity contribution < 1.29 is 26.3 Å². The van der Waals surface area contributed by atoms with Gasteiger partial charge in [0.15, 0.2) is 0 Å². The summed E-state index contributed by atoms with van der Waals surface area (Å²) in [4.78, 5) is 0. The Morgan fingerprint density at radius 2 is 1.58 bits per heavy atom. The van der Waals surface area contributed by atoms with Gasteiger partial charge in [-0.25, -0.2) is 13.2 Å². The van der Waals surface area contributed by atoms with Gasteiger partial charge in [0.05, 0.1) is 11.6 Å². The number of halogens is 6. The zero-order valence-corrected chi connectivity index (χ0v) is 19.6. The number of aromatic nitrogens is 1. The summed E-state index contributed by atoms with van der Waals surface area (Å²) < 4.78 is 84.5. The van der Waals surface area contributed by atoms with Gasteiger partial charge in [0.1, 0.15) is 5.82 Å². The number of nitrogens with zero attached hydrogens (tertiary/aromatic N) is 1. The van der Waals surface area contributed by atoms with Crippen molar-refractivity contribution >= 4 is 10.9 Å². The summed E-state index contributed by atoms with van der Waals surface area (Å²) in [7, 11) is 1.38. The molecule has 1 atom stereocenters. The maximum Gasteiger partial charge on any atom is 0.417 e. The quantitative estimate of drug-likeness (QED) is 0.372. The first-order valence-electron chi connectivity index (χ1n) is 10.8. The molecular formula is C25H30F6N2. The second-order valence-electron chi connectivity index (χ2n) is 8.77. The van der Waals surface area contributed by atoms with E-state index < -0.39 is 30.0 Å². The highest BCUT2D eigenvalue weighted by atomic mass is 19.4. The number of hydrogen-bond acceptors (Lipinski definition) is 1. The van der Waals surface area contributed by atoms with E-state index in [1.54, 1.807) is 4.57 Å². The van der Waals surface area contributed by atoms with Crippen molar-refractivity contribution in [1.29, 1.82) is 0 Å². The summed E-state index contributed by atoms with van der Waals surface area (Å²) in [5.74, 6) is -0.900. The molecule has 0 aliphatic rings. The fourth-order valence-corrected chi connectivity index (χ4v) is 3.82. The molecule has 0 amide bonds. The van der Waals surface area contributed by atoms with E-state index in [-0.39, 0.29) is 27.5 Å². The van der Waals surface area contributed by atoms with Crippen LogP contribution in [0.1, 0.15) is 51.8 Å². The lowest BCUT2D eigenvalue weighted by Gasteiger charge is -2.20. The van der Waals surface area contributed by atoms with E-state index in [1.807, 2.05) is 34.6 Å². The molecule has 1 heterocycles. The number of nitrogens with one attached hydrogen (secondary N) is 1. The minimum absolute atomic E-state index is 0.200. The Kier molecular flexibility index (Phi) is 8.27. The first kappa shape index (κ1) is 26.8. The molecule has 3 aromatic rings. The molecule has 182 valence electrons. The van der Waals surface area contributed by atoms with Crippen molar-refractivity contribution in [2.45, 2.75) is 59.8 Å². The second-order valence-corrected chi connectivity index (χ2v) is 8.77. The fourth-order valence-electron chi connectivity index (χ4n) is 3.82. The summed E-state index contributed by atoms with van der Waals surface area (Å²) in [5.41, 5.74) is -1.12. The van der Waals surface area contributed by atoms with Crippen molar-refractivity contribution in [3.8, 4) is 11.1 Å². The lowest BCUT2D eigenvalue weighted by atomic mass is 9.95. The maximum absolute atomic E-state index is 15.1. The third-order valence-corrected chi connectivity index (χ3v) is 5.07. The molecular weight excluding hydrogens is 442 g/mol. The Balaban J connectivity index is 0.00000187. The van der Waals surface area contributed by atoms with E-state index in [4.69, 9.17) is 0 Å². The molecule has 3 rings (SSSR count). The van der Waals surface area contributed by atoms with Gasteiger partial charge in [-0.15, -0.1) is 0 Å². The molecule has 0 fully saturated rings. The van der Waals surface area contributed by atoms with E-state index in [9.17, 15) is 22.0 Å². The molecule has 0 spiro atoms. The van der Waals surface area contributed by atoms with Crippen LogP contribution in [-0.4, -0.2) is 18.0 Å². The monoisotopic (exact) mass is 472 g/mol. The molecule has 0 bridgehead atoms. The number of alkyl halides is 5. The van der Waals surface area contributed by atoms with E-state index in [1.165, 1.54) is 37.5 Å². The molecule has 2 nitrogen and oxygen atoms in total. The van der Waals surface area contributed by atoms with Gasteiger partial charge >= 0.3 is 6.18 Å². The van der Waals surface area contributed by atoms with Gasteiger partial charge in [-0.1, -0.05) is 52.8 Å². The molecule has 0 saturated carbocycles. The smallest absolute Gasteiger partial charge is 0.347 e.